The minimum Gasteiger partial charge on any atom is -0.494 e. The van der Waals surface area contributed by atoms with Crippen molar-refractivity contribution in [2.45, 2.75) is 26.2 Å². The van der Waals surface area contributed by atoms with Gasteiger partial charge in [0.15, 0.2) is 5.11 Å². The summed E-state index contributed by atoms with van der Waals surface area (Å²) >= 11 is 5.30. The number of piperidine rings is 1. The molecule has 0 saturated carbocycles. The number of carbonyl (C=O) groups is 2. The Morgan fingerprint density at radius 3 is 2.59 bits per heavy atom. The van der Waals surface area contributed by atoms with Crippen molar-refractivity contribution in [1.29, 1.82) is 0 Å². The van der Waals surface area contributed by atoms with Crippen molar-refractivity contribution in [3.05, 3.63) is 59.7 Å². The standard InChI is InChI=1S/C22H25N3O3S/c1-2-28-17-10-8-9-16(15-17)20(26)24-22(29)23-19-12-5-4-11-18(19)21(27)25-13-6-3-7-14-25/h4-5,8-12,15H,2-3,6-7,13-14H2,1H3,(H2,23,24,26,29). The Kier molecular flexibility index (Phi) is 7.19. The summed E-state index contributed by atoms with van der Waals surface area (Å²) in [6, 6.07) is 14.1. The van der Waals surface area contributed by atoms with Gasteiger partial charge in [-0.1, -0.05) is 18.2 Å². The third kappa shape index (κ3) is 5.54. The molecule has 2 aromatic carbocycles. The Bertz CT molecular complexity index is 894. The van der Waals surface area contributed by atoms with Crippen LogP contribution in [0.1, 0.15) is 46.9 Å². The second-order valence-corrected chi connectivity index (χ2v) is 7.18. The highest BCUT2D eigenvalue weighted by atomic mass is 32.1. The number of thiocarbonyl (C=S) groups is 1. The second-order valence-electron chi connectivity index (χ2n) is 6.77. The molecule has 1 fully saturated rings. The van der Waals surface area contributed by atoms with Crippen LogP contribution in [-0.4, -0.2) is 41.5 Å². The third-order valence-electron chi connectivity index (χ3n) is 4.68. The van der Waals surface area contributed by atoms with Crippen molar-refractivity contribution in [3.63, 3.8) is 0 Å². The number of amides is 2. The van der Waals surface area contributed by atoms with E-state index >= 15 is 0 Å². The molecule has 3 rings (SSSR count). The summed E-state index contributed by atoms with van der Waals surface area (Å²) in [6.45, 7) is 3.94. The van der Waals surface area contributed by atoms with Gasteiger partial charge in [0.25, 0.3) is 11.8 Å². The molecule has 0 spiro atoms. The lowest BCUT2D eigenvalue weighted by Crippen LogP contribution is -2.37. The Balaban J connectivity index is 1.67. The zero-order valence-corrected chi connectivity index (χ0v) is 17.3. The number of para-hydroxylation sites is 1. The van der Waals surface area contributed by atoms with Crippen LogP contribution in [-0.2, 0) is 0 Å². The fraction of sp³-hybridized carbons (Fsp3) is 0.318. The van der Waals surface area contributed by atoms with Crippen molar-refractivity contribution in [2.24, 2.45) is 0 Å². The summed E-state index contributed by atoms with van der Waals surface area (Å²) in [4.78, 5) is 27.3. The molecular formula is C22H25N3O3S. The van der Waals surface area contributed by atoms with E-state index in [-0.39, 0.29) is 16.9 Å². The van der Waals surface area contributed by atoms with Gasteiger partial charge in [-0.3, -0.25) is 14.9 Å². The van der Waals surface area contributed by atoms with Crippen LogP contribution in [0.25, 0.3) is 0 Å². The van der Waals surface area contributed by atoms with Crippen molar-refractivity contribution in [1.82, 2.24) is 10.2 Å². The molecule has 2 N–H and O–H groups in total. The lowest BCUT2D eigenvalue weighted by atomic mass is 10.1. The molecule has 2 amide bonds. The van der Waals surface area contributed by atoms with Gasteiger partial charge < -0.3 is 15.0 Å². The van der Waals surface area contributed by atoms with Gasteiger partial charge in [0, 0.05) is 18.7 Å². The molecule has 29 heavy (non-hydrogen) atoms. The fourth-order valence-electron chi connectivity index (χ4n) is 3.27. The van der Waals surface area contributed by atoms with Gasteiger partial charge in [0.05, 0.1) is 17.9 Å². The number of anilines is 1. The van der Waals surface area contributed by atoms with Crippen molar-refractivity contribution in [3.8, 4) is 5.75 Å². The number of hydrogen-bond acceptors (Lipinski definition) is 4. The van der Waals surface area contributed by atoms with Gasteiger partial charge in [-0.2, -0.15) is 0 Å². The molecule has 0 aliphatic carbocycles. The first-order valence-electron chi connectivity index (χ1n) is 9.82. The molecule has 0 radical (unpaired) electrons. The maximum atomic E-state index is 12.9. The zero-order valence-electron chi connectivity index (χ0n) is 16.4. The number of hydrogen-bond donors (Lipinski definition) is 2. The predicted octanol–water partition coefficient (Wildman–Crippen LogP) is 3.84. The van der Waals surface area contributed by atoms with E-state index in [1.54, 1.807) is 36.4 Å². The quantitative estimate of drug-likeness (QED) is 0.732. The Morgan fingerprint density at radius 2 is 1.83 bits per heavy atom. The van der Waals surface area contributed by atoms with Crippen LogP contribution in [0.2, 0.25) is 0 Å². The highest BCUT2D eigenvalue weighted by molar-refractivity contribution is 7.80. The molecule has 1 saturated heterocycles. The van der Waals surface area contributed by atoms with Crippen LogP contribution >= 0.6 is 12.2 Å². The van der Waals surface area contributed by atoms with Crippen molar-refractivity contribution >= 4 is 34.8 Å². The molecular weight excluding hydrogens is 386 g/mol. The van der Waals surface area contributed by atoms with E-state index in [2.05, 4.69) is 10.6 Å². The summed E-state index contributed by atoms with van der Waals surface area (Å²) in [5.41, 5.74) is 1.57. The van der Waals surface area contributed by atoms with E-state index in [0.717, 1.165) is 32.4 Å². The van der Waals surface area contributed by atoms with Gasteiger partial charge in [-0.15, -0.1) is 0 Å². The molecule has 7 heteroatoms. The molecule has 1 aliphatic heterocycles. The number of nitrogens with one attached hydrogen (secondary N) is 2. The monoisotopic (exact) mass is 411 g/mol. The first kappa shape index (κ1) is 20.8. The highest BCUT2D eigenvalue weighted by Crippen LogP contribution is 2.20. The van der Waals surface area contributed by atoms with Crippen molar-refractivity contribution in [2.75, 3.05) is 25.0 Å². The molecule has 0 bridgehead atoms. The number of carbonyl (C=O) groups excluding carboxylic acids is 2. The molecule has 1 heterocycles. The van der Waals surface area contributed by atoms with Gasteiger partial charge >= 0.3 is 0 Å². The van der Waals surface area contributed by atoms with Gasteiger partial charge in [-0.25, -0.2) is 0 Å². The number of nitrogens with zero attached hydrogens (tertiary/aromatic N) is 1. The van der Waals surface area contributed by atoms with Gasteiger partial charge in [-0.05, 0) is 68.7 Å². The normalized spacial score (nSPS) is 13.5. The maximum absolute atomic E-state index is 12.9. The fourth-order valence-corrected chi connectivity index (χ4v) is 3.47. The lowest BCUT2D eigenvalue weighted by molar-refractivity contribution is 0.0725. The smallest absolute Gasteiger partial charge is 0.257 e. The third-order valence-corrected chi connectivity index (χ3v) is 4.89. The summed E-state index contributed by atoms with van der Waals surface area (Å²) < 4.78 is 5.43. The van der Waals surface area contributed by atoms with E-state index in [1.165, 1.54) is 0 Å². The molecule has 6 nitrogen and oxygen atoms in total. The van der Waals surface area contributed by atoms with E-state index in [9.17, 15) is 9.59 Å². The summed E-state index contributed by atoms with van der Waals surface area (Å²) in [5.74, 6) is 0.256. The zero-order chi connectivity index (χ0) is 20.6. The number of ether oxygens (including phenoxy) is 1. The van der Waals surface area contributed by atoms with E-state index < -0.39 is 0 Å². The average Bonchev–Trinajstić information content (AvgIpc) is 2.74. The summed E-state index contributed by atoms with van der Waals surface area (Å²) in [7, 11) is 0. The Labute approximate surface area is 176 Å². The van der Waals surface area contributed by atoms with Crippen LogP contribution in [0.5, 0.6) is 5.75 Å². The number of rotatable bonds is 5. The summed E-state index contributed by atoms with van der Waals surface area (Å²) in [6.07, 6.45) is 3.21. The molecule has 1 aliphatic rings. The molecule has 2 aromatic rings. The van der Waals surface area contributed by atoms with Crippen LogP contribution in [0, 0.1) is 0 Å². The first-order valence-corrected chi connectivity index (χ1v) is 10.2. The van der Waals surface area contributed by atoms with E-state index in [0.29, 0.717) is 29.2 Å². The maximum Gasteiger partial charge on any atom is 0.257 e. The van der Waals surface area contributed by atoms with Crippen LogP contribution < -0.4 is 15.4 Å². The Hall–Kier alpha value is -2.93. The van der Waals surface area contributed by atoms with Crippen LogP contribution in [0.4, 0.5) is 5.69 Å². The molecule has 0 aromatic heterocycles. The molecule has 0 atom stereocenters. The second kappa shape index (κ2) is 10.0. The van der Waals surface area contributed by atoms with Crippen LogP contribution in [0.3, 0.4) is 0 Å². The summed E-state index contributed by atoms with van der Waals surface area (Å²) in [5, 5.41) is 5.79. The Morgan fingerprint density at radius 1 is 1.07 bits per heavy atom. The first-order chi connectivity index (χ1) is 14.1. The highest BCUT2D eigenvalue weighted by Gasteiger charge is 2.21. The number of benzene rings is 2. The predicted molar refractivity (Wildman–Crippen MR) is 117 cm³/mol. The van der Waals surface area contributed by atoms with E-state index in [1.807, 2.05) is 24.0 Å². The molecule has 0 unspecified atom stereocenters. The van der Waals surface area contributed by atoms with E-state index in [4.69, 9.17) is 17.0 Å². The van der Waals surface area contributed by atoms with Crippen LogP contribution in [0.15, 0.2) is 48.5 Å². The minimum atomic E-state index is -0.344. The topological polar surface area (TPSA) is 70.7 Å². The van der Waals surface area contributed by atoms with Gasteiger partial charge in [0.1, 0.15) is 5.75 Å². The van der Waals surface area contributed by atoms with Crippen molar-refractivity contribution < 1.29 is 14.3 Å². The van der Waals surface area contributed by atoms with Gasteiger partial charge in [0.2, 0.25) is 0 Å². The molecule has 152 valence electrons. The lowest BCUT2D eigenvalue weighted by Gasteiger charge is -2.27. The SMILES string of the molecule is CCOc1cccc(C(=O)NC(=S)Nc2ccccc2C(=O)N2CCCCC2)c1. The number of likely N-dealkylation sites (tertiary alicyclic amines) is 1. The average molecular weight is 412 g/mol. The largest absolute Gasteiger partial charge is 0.494 e. The minimum absolute atomic E-state index is 0.0219.